The van der Waals surface area contributed by atoms with Gasteiger partial charge in [-0.1, -0.05) is 164 Å². The van der Waals surface area contributed by atoms with Crippen LogP contribution in [0.25, 0.3) is 88.0 Å². The maximum atomic E-state index is 2.43. The fourth-order valence-corrected chi connectivity index (χ4v) is 9.51. The Hall–Kier alpha value is -8.14. The molecule has 12 aromatic rings. The molecule has 0 aliphatic heterocycles. The van der Waals surface area contributed by atoms with E-state index in [0.29, 0.717) is 0 Å². The van der Waals surface area contributed by atoms with Crippen molar-refractivity contribution in [2.75, 3.05) is 4.90 Å². The van der Waals surface area contributed by atoms with Crippen molar-refractivity contribution in [3.05, 3.63) is 237 Å². The lowest BCUT2D eigenvalue weighted by Crippen LogP contribution is -2.11. The number of aromatic nitrogens is 2. The summed E-state index contributed by atoms with van der Waals surface area (Å²) in [6.45, 7) is 0. The predicted octanol–water partition coefficient (Wildman–Crippen LogP) is 15.8. The third-order valence-electron chi connectivity index (χ3n) is 12.3. The standard InChI is InChI=1S/C58H39N3/c1-3-15-40(16-4-1)41-27-32-45(33-28-41)59(56-37-38-57(50-20-8-7-19-49(50)56)61-54-25-13-10-21-47(54)48-22-11-14-26-55(48)61)46-34-29-42(30-35-46)43-31-36-52-51-23-9-12-24-53(51)60(58(52)39-43)44-17-5-2-6-18-44/h1-39H. The Morgan fingerprint density at radius 1 is 0.262 bits per heavy atom. The van der Waals surface area contributed by atoms with Crippen LogP contribution < -0.4 is 4.90 Å². The highest BCUT2D eigenvalue weighted by Gasteiger charge is 2.20. The van der Waals surface area contributed by atoms with Crippen LogP contribution in [-0.2, 0) is 0 Å². The zero-order valence-electron chi connectivity index (χ0n) is 33.4. The highest BCUT2D eigenvalue weighted by Crippen LogP contribution is 2.44. The van der Waals surface area contributed by atoms with Gasteiger partial charge < -0.3 is 14.0 Å². The van der Waals surface area contributed by atoms with Crippen LogP contribution >= 0.6 is 0 Å². The number of hydrogen-bond acceptors (Lipinski definition) is 1. The highest BCUT2D eigenvalue weighted by atomic mass is 15.1. The first kappa shape index (κ1) is 34.9. The van der Waals surface area contributed by atoms with Gasteiger partial charge in [0.25, 0.3) is 0 Å². The first-order valence-corrected chi connectivity index (χ1v) is 20.9. The number of para-hydroxylation sites is 4. The molecular weight excluding hydrogens is 739 g/mol. The van der Waals surface area contributed by atoms with E-state index < -0.39 is 0 Å². The molecule has 12 rings (SSSR count). The van der Waals surface area contributed by atoms with Crippen molar-refractivity contribution in [2.24, 2.45) is 0 Å². The van der Waals surface area contributed by atoms with Gasteiger partial charge in [-0.2, -0.15) is 0 Å². The van der Waals surface area contributed by atoms with Gasteiger partial charge in [0.05, 0.1) is 33.4 Å². The molecule has 0 bridgehead atoms. The lowest BCUT2D eigenvalue weighted by atomic mass is 10.0. The molecule has 0 spiro atoms. The zero-order chi connectivity index (χ0) is 40.3. The van der Waals surface area contributed by atoms with Crippen LogP contribution in [0.2, 0.25) is 0 Å². The van der Waals surface area contributed by atoms with E-state index in [4.69, 9.17) is 0 Å². The molecule has 0 N–H and O–H groups in total. The van der Waals surface area contributed by atoms with Crippen molar-refractivity contribution in [1.29, 1.82) is 0 Å². The fraction of sp³-hybridized carbons (Fsp3) is 0. The number of rotatable bonds is 7. The van der Waals surface area contributed by atoms with Gasteiger partial charge in [0.2, 0.25) is 0 Å². The number of hydrogen-bond donors (Lipinski definition) is 0. The smallest absolute Gasteiger partial charge is 0.0547 e. The minimum Gasteiger partial charge on any atom is -0.310 e. The second-order valence-corrected chi connectivity index (χ2v) is 15.7. The molecule has 0 atom stereocenters. The molecule has 0 unspecified atom stereocenters. The first-order chi connectivity index (χ1) is 30.3. The van der Waals surface area contributed by atoms with Crippen LogP contribution in [-0.4, -0.2) is 9.13 Å². The molecule has 0 saturated carbocycles. The van der Waals surface area contributed by atoms with Crippen molar-refractivity contribution >= 4 is 71.4 Å². The van der Waals surface area contributed by atoms with Gasteiger partial charge in [-0.3, -0.25) is 0 Å². The van der Waals surface area contributed by atoms with Crippen molar-refractivity contribution in [3.63, 3.8) is 0 Å². The Bertz CT molecular complexity index is 3510. The second-order valence-electron chi connectivity index (χ2n) is 15.7. The van der Waals surface area contributed by atoms with Crippen LogP contribution in [0.15, 0.2) is 237 Å². The Labute approximate surface area is 354 Å². The summed E-state index contributed by atoms with van der Waals surface area (Å²) in [5, 5.41) is 7.39. The van der Waals surface area contributed by atoms with E-state index in [2.05, 4.69) is 251 Å². The van der Waals surface area contributed by atoms with Crippen LogP contribution in [0.4, 0.5) is 17.1 Å². The molecule has 10 aromatic carbocycles. The third kappa shape index (κ3) is 5.74. The molecule has 0 fully saturated rings. The molecule has 61 heavy (non-hydrogen) atoms. The molecule has 3 heteroatoms. The summed E-state index contributed by atoms with van der Waals surface area (Å²) >= 11 is 0. The zero-order valence-corrected chi connectivity index (χ0v) is 33.4. The second kappa shape index (κ2) is 14.3. The summed E-state index contributed by atoms with van der Waals surface area (Å²) in [5.74, 6) is 0. The summed E-state index contributed by atoms with van der Waals surface area (Å²) in [7, 11) is 0. The normalized spacial score (nSPS) is 11.6. The maximum absolute atomic E-state index is 2.43. The molecule has 2 heterocycles. The van der Waals surface area contributed by atoms with Crippen molar-refractivity contribution < 1.29 is 0 Å². The average molecular weight is 778 g/mol. The van der Waals surface area contributed by atoms with Gasteiger partial charge in [0, 0.05) is 49.4 Å². The molecule has 0 radical (unpaired) electrons. The number of benzene rings is 10. The van der Waals surface area contributed by atoms with E-state index in [-0.39, 0.29) is 0 Å². The van der Waals surface area contributed by atoms with E-state index >= 15 is 0 Å². The van der Waals surface area contributed by atoms with Crippen molar-refractivity contribution in [1.82, 2.24) is 9.13 Å². The lowest BCUT2D eigenvalue weighted by molar-refractivity contribution is 1.18. The minimum absolute atomic E-state index is 1.09. The monoisotopic (exact) mass is 777 g/mol. The predicted molar refractivity (Wildman–Crippen MR) is 258 cm³/mol. The number of anilines is 3. The van der Waals surface area contributed by atoms with Crippen LogP contribution in [0.3, 0.4) is 0 Å². The van der Waals surface area contributed by atoms with Gasteiger partial charge in [0.1, 0.15) is 0 Å². The summed E-state index contributed by atoms with van der Waals surface area (Å²) in [6, 6.07) is 85.9. The quantitative estimate of drug-likeness (QED) is 0.157. The molecule has 0 aliphatic rings. The molecule has 0 saturated heterocycles. The lowest BCUT2D eigenvalue weighted by Gasteiger charge is -2.28. The van der Waals surface area contributed by atoms with Crippen molar-refractivity contribution in [2.45, 2.75) is 0 Å². The van der Waals surface area contributed by atoms with E-state index in [1.807, 2.05) is 0 Å². The van der Waals surface area contributed by atoms with Gasteiger partial charge >= 0.3 is 0 Å². The summed E-state index contributed by atoms with van der Waals surface area (Å²) in [4.78, 5) is 2.41. The maximum Gasteiger partial charge on any atom is 0.0547 e. The molecular formula is C58H39N3. The highest BCUT2D eigenvalue weighted by molar-refractivity contribution is 6.12. The first-order valence-electron chi connectivity index (χ1n) is 20.9. The number of nitrogens with zero attached hydrogens (tertiary/aromatic N) is 3. The Balaban J connectivity index is 1.01. The topological polar surface area (TPSA) is 13.1 Å². The van der Waals surface area contributed by atoms with Gasteiger partial charge in [-0.15, -0.1) is 0 Å². The van der Waals surface area contributed by atoms with Gasteiger partial charge in [-0.05, 0) is 95.1 Å². The van der Waals surface area contributed by atoms with Crippen LogP contribution in [0.5, 0.6) is 0 Å². The van der Waals surface area contributed by atoms with Crippen molar-refractivity contribution in [3.8, 4) is 33.6 Å². The number of fused-ring (bicyclic) bond motifs is 7. The van der Waals surface area contributed by atoms with Crippen LogP contribution in [0.1, 0.15) is 0 Å². The van der Waals surface area contributed by atoms with E-state index in [1.54, 1.807) is 0 Å². The average Bonchev–Trinajstić information content (AvgIpc) is 3.85. The Morgan fingerprint density at radius 3 is 1.28 bits per heavy atom. The van der Waals surface area contributed by atoms with E-state index in [1.165, 1.54) is 76.6 Å². The Morgan fingerprint density at radius 2 is 0.689 bits per heavy atom. The molecule has 0 amide bonds. The van der Waals surface area contributed by atoms with Crippen LogP contribution in [0, 0.1) is 0 Å². The van der Waals surface area contributed by atoms with Gasteiger partial charge in [-0.25, -0.2) is 0 Å². The molecule has 0 aliphatic carbocycles. The Kier molecular flexibility index (Phi) is 8.17. The molecule has 2 aromatic heterocycles. The van der Waals surface area contributed by atoms with Gasteiger partial charge in [0.15, 0.2) is 0 Å². The summed E-state index contributed by atoms with van der Waals surface area (Å²) < 4.78 is 4.82. The largest absolute Gasteiger partial charge is 0.310 e. The fourth-order valence-electron chi connectivity index (χ4n) is 9.51. The van der Waals surface area contributed by atoms with E-state index in [9.17, 15) is 0 Å². The molecule has 3 nitrogen and oxygen atoms in total. The third-order valence-corrected chi connectivity index (χ3v) is 12.3. The summed E-state index contributed by atoms with van der Waals surface area (Å²) in [5.41, 5.74) is 15.2. The summed E-state index contributed by atoms with van der Waals surface area (Å²) in [6.07, 6.45) is 0. The minimum atomic E-state index is 1.09. The van der Waals surface area contributed by atoms with E-state index in [0.717, 1.165) is 28.4 Å². The SMILES string of the molecule is c1ccc(-c2ccc(N(c3ccc(-c4ccc5c6ccccc6n(-c6ccccc6)c5c4)cc3)c3ccc(-n4c5ccccc5c5ccccc54)c4ccccc34)cc2)cc1. The molecule has 286 valence electrons.